The molecule has 0 unspecified atom stereocenters. The van der Waals surface area contributed by atoms with Crippen LogP contribution in [0, 0.1) is 0 Å². The molecule has 2 rings (SSSR count). The molecular weight excluding hydrogens is 196 g/mol. The molecule has 0 radical (unpaired) electrons. The van der Waals surface area contributed by atoms with Gasteiger partial charge in [-0.1, -0.05) is 0 Å². The van der Waals surface area contributed by atoms with E-state index < -0.39 is 0 Å². The number of hydrogen-bond acceptors (Lipinski definition) is 5. The van der Waals surface area contributed by atoms with Crippen LogP contribution in [0.2, 0.25) is 0 Å². The first kappa shape index (κ1) is 9.32. The number of carbonyl (C=O) groups excluding carboxylic acids is 1. The molecule has 0 fully saturated rings. The Labute approximate surface area is 85.3 Å². The molecule has 0 saturated heterocycles. The van der Waals surface area contributed by atoms with Gasteiger partial charge in [-0.15, -0.1) is 0 Å². The number of hydrogen-bond donors (Lipinski definition) is 1. The lowest BCUT2D eigenvalue weighted by molar-refractivity contribution is 0.102. The highest BCUT2D eigenvalue weighted by Crippen LogP contribution is 2.12. The molecule has 15 heavy (non-hydrogen) atoms. The number of ketones is 1. The number of ether oxygens (including phenoxy) is 1. The van der Waals surface area contributed by atoms with Crippen molar-refractivity contribution in [2.45, 2.75) is 0 Å². The minimum atomic E-state index is -0.265. The molecule has 0 aromatic carbocycles. The third-order valence-electron chi connectivity index (χ3n) is 1.84. The number of aromatic amines is 1. The number of methoxy groups -OCH3 is 1. The molecule has 6 nitrogen and oxygen atoms in total. The molecule has 0 bridgehead atoms. The molecule has 76 valence electrons. The van der Waals surface area contributed by atoms with Crippen molar-refractivity contribution in [2.24, 2.45) is 0 Å². The van der Waals surface area contributed by atoms with Crippen LogP contribution in [-0.4, -0.2) is 33.1 Å². The van der Waals surface area contributed by atoms with Gasteiger partial charge in [0.25, 0.3) is 0 Å². The Morgan fingerprint density at radius 1 is 1.47 bits per heavy atom. The zero-order chi connectivity index (χ0) is 10.7. The van der Waals surface area contributed by atoms with E-state index in [0.29, 0.717) is 11.3 Å². The second kappa shape index (κ2) is 3.87. The molecule has 1 N–H and O–H groups in total. The van der Waals surface area contributed by atoms with Crippen LogP contribution in [0.3, 0.4) is 0 Å². The van der Waals surface area contributed by atoms with E-state index in [1.807, 2.05) is 0 Å². The summed E-state index contributed by atoms with van der Waals surface area (Å²) in [6.45, 7) is 0. The predicted octanol–water partition coefficient (Wildman–Crippen LogP) is 0.439. The van der Waals surface area contributed by atoms with Crippen LogP contribution in [0.15, 0.2) is 24.8 Å². The fourth-order valence-corrected chi connectivity index (χ4v) is 1.11. The van der Waals surface area contributed by atoms with Crippen molar-refractivity contribution in [2.75, 3.05) is 7.11 Å². The third-order valence-corrected chi connectivity index (χ3v) is 1.84. The van der Waals surface area contributed by atoms with Crippen molar-refractivity contribution in [3.63, 3.8) is 0 Å². The largest absolute Gasteiger partial charge is 0.495 e. The minimum Gasteiger partial charge on any atom is -0.495 e. The van der Waals surface area contributed by atoms with Gasteiger partial charge in [0, 0.05) is 11.8 Å². The zero-order valence-corrected chi connectivity index (χ0v) is 7.97. The summed E-state index contributed by atoms with van der Waals surface area (Å²) in [5.41, 5.74) is 0.408. The van der Waals surface area contributed by atoms with Gasteiger partial charge in [-0.2, -0.15) is 5.10 Å². The van der Waals surface area contributed by atoms with Crippen molar-refractivity contribution < 1.29 is 9.53 Å². The minimum absolute atomic E-state index is 0.185. The van der Waals surface area contributed by atoms with Crippen molar-refractivity contribution in [3.8, 4) is 5.75 Å². The first-order valence-corrected chi connectivity index (χ1v) is 4.20. The first-order valence-electron chi connectivity index (χ1n) is 4.20. The van der Waals surface area contributed by atoms with Crippen LogP contribution in [-0.2, 0) is 0 Å². The number of pyridine rings is 1. The Morgan fingerprint density at radius 2 is 2.33 bits per heavy atom. The molecular formula is C9H8N4O2. The van der Waals surface area contributed by atoms with Crippen molar-refractivity contribution in [1.29, 1.82) is 0 Å². The molecule has 0 aliphatic carbocycles. The van der Waals surface area contributed by atoms with Gasteiger partial charge in [0.2, 0.25) is 5.78 Å². The highest BCUT2D eigenvalue weighted by atomic mass is 16.5. The molecule has 0 saturated carbocycles. The van der Waals surface area contributed by atoms with Crippen LogP contribution in [0.5, 0.6) is 5.75 Å². The third kappa shape index (κ3) is 1.83. The quantitative estimate of drug-likeness (QED) is 0.733. The van der Waals surface area contributed by atoms with E-state index in [2.05, 4.69) is 20.2 Å². The van der Waals surface area contributed by atoms with Crippen LogP contribution < -0.4 is 4.74 Å². The van der Waals surface area contributed by atoms with Gasteiger partial charge in [-0.25, -0.2) is 4.98 Å². The van der Waals surface area contributed by atoms with Gasteiger partial charge in [0.1, 0.15) is 12.1 Å². The fourth-order valence-electron chi connectivity index (χ4n) is 1.11. The highest BCUT2D eigenvalue weighted by Gasteiger charge is 2.12. The van der Waals surface area contributed by atoms with Crippen molar-refractivity contribution >= 4 is 5.78 Å². The summed E-state index contributed by atoms with van der Waals surface area (Å²) in [5, 5.41) is 6.10. The normalized spacial score (nSPS) is 9.93. The number of aromatic nitrogens is 4. The Bertz CT molecular complexity index is 467. The van der Waals surface area contributed by atoms with E-state index in [0.717, 1.165) is 0 Å². The van der Waals surface area contributed by atoms with E-state index in [9.17, 15) is 4.79 Å². The van der Waals surface area contributed by atoms with Gasteiger partial charge in [0.15, 0.2) is 5.82 Å². The zero-order valence-electron chi connectivity index (χ0n) is 7.97. The number of carbonyl (C=O) groups is 1. The van der Waals surface area contributed by atoms with E-state index in [1.54, 1.807) is 6.07 Å². The monoisotopic (exact) mass is 204 g/mol. The fraction of sp³-hybridized carbons (Fsp3) is 0.111. The molecule has 2 aromatic heterocycles. The molecule has 0 spiro atoms. The smallest absolute Gasteiger partial charge is 0.231 e. The van der Waals surface area contributed by atoms with Gasteiger partial charge >= 0.3 is 0 Å². The van der Waals surface area contributed by atoms with Gasteiger partial charge in [-0.05, 0) is 6.07 Å². The van der Waals surface area contributed by atoms with Gasteiger partial charge in [-0.3, -0.25) is 14.9 Å². The lowest BCUT2D eigenvalue weighted by Crippen LogP contribution is -2.04. The van der Waals surface area contributed by atoms with Crippen molar-refractivity contribution in [1.82, 2.24) is 20.2 Å². The Balaban J connectivity index is 2.34. The number of nitrogens with zero attached hydrogens (tertiary/aromatic N) is 3. The average Bonchev–Trinajstić information content (AvgIpc) is 2.81. The maximum Gasteiger partial charge on any atom is 0.231 e. The first-order chi connectivity index (χ1) is 7.31. The molecule has 6 heteroatoms. The maximum absolute atomic E-state index is 11.7. The Morgan fingerprint density at radius 3 is 3.00 bits per heavy atom. The summed E-state index contributed by atoms with van der Waals surface area (Å²) >= 11 is 0. The summed E-state index contributed by atoms with van der Waals surface area (Å²) in [6, 6.07) is 1.60. The summed E-state index contributed by atoms with van der Waals surface area (Å²) in [4.78, 5) is 19.4. The molecule has 0 aliphatic rings. The number of H-pyrrole nitrogens is 1. The SMILES string of the molecule is COc1cncc(C(=O)c2ncn[nH]2)c1. The highest BCUT2D eigenvalue weighted by molar-refractivity contribution is 6.06. The summed E-state index contributed by atoms with van der Waals surface area (Å²) < 4.78 is 4.96. The van der Waals surface area contributed by atoms with Gasteiger partial charge < -0.3 is 4.74 Å². The average molecular weight is 204 g/mol. The van der Waals surface area contributed by atoms with Crippen LogP contribution in [0.25, 0.3) is 0 Å². The van der Waals surface area contributed by atoms with Crippen LogP contribution in [0.1, 0.15) is 16.2 Å². The van der Waals surface area contributed by atoms with Gasteiger partial charge in [0.05, 0.1) is 13.3 Å². The second-order valence-electron chi connectivity index (χ2n) is 2.78. The lowest BCUT2D eigenvalue weighted by Gasteiger charge is -2.00. The lowest BCUT2D eigenvalue weighted by atomic mass is 10.2. The van der Waals surface area contributed by atoms with E-state index in [4.69, 9.17) is 4.74 Å². The standard InChI is InChI=1S/C9H8N4O2/c1-15-7-2-6(3-10-4-7)8(14)9-11-5-12-13-9/h2-5H,1H3,(H,11,12,13). The summed E-state index contributed by atoms with van der Waals surface area (Å²) in [5.74, 6) is 0.448. The maximum atomic E-state index is 11.7. The predicted molar refractivity (Wildman–Crippen MR) is 50.6 cm³/mol. The topological polar surface area (TPSA) is 80.8 Å². The van der Waals surface area contributed by atoms with Crippen LogP contribution >= 0.6 is 0 Å². The Hall–Kier alpha value is -2.24. The number of nitrogens with one attached hydrogen (secondary N) is 1. The molecule has 0 atom stereocenters. The molecule has 2 aromatic rings. The second-order valence-corrected chi connectivity index (χ2v) is 2.78. The summed E-state index contributed by atoms with van der Waals surface area (Å²) in [7, 11) is 1.51. The Kier molecular flexibility index (Phi) is 2.40. The van der Waals surface area contributed by atoms with Crippen LogP contribution in [0.4, 0.5) is 0 Å². The van der Waals surface area contributed by atoms with E-state index in [-0.39, 0.29) is 11.6 Å². The van der Waals surface area contributed by atoms with Crippen molar-refractivity contribution in [3.05, 3.63) is 36.2 Å². The molecule has 2 heterocycles. The molecule has 0 aliphatic heterocycles. The van der Waals surface area contributed by atoms with E-state index >= 15 is 0 Å². The van der Waals surface area contributed by atoms with E-state index in [1.165, 1.54) is 25.8 Å². The summed E-state index contributed by atoms with van der Waals surface area (Å²) in [6.07, 6.45) is 4.26. The number of rotatable bonds is 3. The molecule has 0 amide bonds.